The van der Waals surface area contributed by atoms with E-state index in [0.29, 0.717) is 18.0 Å². The zero-order valence-electron chi connectivity index (χ0n) is 13.5. The SMILES string of the molecule is CC(C)C(NC(=O)N1CCCC(C(=O)O)C1)c1ccc(Cl)cc1. The van der Waals surface area contributed by atoms with Crippen molar-refractivity contribution in [2.75, 3.05) is 13.1 Å². The first-order valence-electron chi connectivity index (χ1n) is 7.92. The number of carbonyl (C=O) groups excluding carboxylic acids is 1. The summed E-state index contributed by atoms with van der Waals surface area (Å²) in [5.74, 6) is -1.09. The number of amides is 2. The van der Waals surface area contributed by atoms with Crippen molar-refractivity contribution in [2.24, 2.45) is 11.8 Å². The molecule has 0 saturated carbocycles. The molecule has 0 bridgehead atoms. The normalized spacial score (nSPS) is 19.5. The van der Waals surface area contributed by atoms with E-state index in [0.717, 1.165) is 12.0 Å². The Bertz CT molecular complexity index is 559. The standard InChI is InChI=1S/C17H23ClN2O3/c1-11(2)15(12-5-7-14(18)8-6-12)19-17(23)20-9-3-4-13(10-20)16(21)22/h5-8,11,13,15H,3-4,9-10H2,1-2H3,(H,19,23)(H,21,22). The van der Waals surface area contributed by atoms with Gasteiger partial charge in [0.1, 0.15) is 0 Å². The molecule has 126 valence electrons. The van der Waals surface area contributed by atoms with Crippen molar-refractivity contribution in [3.05, 3.63) is 34.9 Å². The van der Waals surface area contributed by atoms with Gasteiger partial charge < -0.3 is 15.3 Å². The average molecular weight is 339 g/mol. The average Bonchev–Trinajstić information content (AvgIpc) is 2.53. The first kappa shape index (κ1) is 17.6. The largest absolute Gasteiger partial charge is 0.481 e. The summed E-state index contributed by atoms with van der Waals surface area (Å²) >= 11 is 5.92. The number of likely N-dealkylation sites (tertiary alicyclic amines) is 1. The van der Waals surface area contributed by atoms with Crippen LogP contribution in [0.2, 0.25) is 5.02 Å². The summed E-state index contributed by atoms with van der Waals surface area (Å²) in [5.41, 5.74) is 0.990. The van der Waals surface area contributed by atoms with Gasteiger partial charge in [-0.2, -0.15) is 0 Å². The molecular weight excluding hydrogens is 316 g/mol. The van der Waals surface area contributed by atoms with Crippen LogP contribution in [0.5, 0.6) is 0 Å². The van der Waals surface area contributed by atoms with Gasteiger partial charge in [0.2, 0.25) is 0 Å². The summed E-state index contributed by atoms with van der Waals surface area (Å²) in [6.45, 7) is 4.94. The van der Waals surface area contributed by atoms with E-state index in [2.05, 4.69) is 5.32 Å². The number of hydrogen-bond acceptors (Lipinski definition) is 2. The highest BCUT2D eigenvalue weighted by atomic mass is 35.5. The van der Waals surface area contributed by atoms with Gasteiger partial charge in [-0.05, 0) is 36.5 Å². The van der Waals surface area contributed by atoms with Crippen molar-refractivity contribution in [1.29, 1.82) is 0 Å². The van der Waals surface area contributed by atoms with Gasteiger partial charge in [-0.15, -0.1) is 0 Å². The summed E-state index contributed by atoms with van der Waals surface area (Å²) in [4.78, 5) is 25.3. The number of nitrogens with zero attached hydrogens (tertiary/aromatic N) is 1. The molecule has 2 N–H and O–H groups in total. The number of rotatable bonds is 4. The van der Waals surface area contributed by atoms with Gasteiger partial charge >= 0.3 is 12.0 Å². The molecule has 1 aliphatic heterocycles. The van der Waals surface area contributed by atoms with Gasteiger partial charge in [-0.1, -0.05) is 37.6 Å². The van der Waals surface area contributed by atoms with Gasteiger partial charge in [0.15, 0.2) is 0 Å². The number of carboxylic acid groups (broad SMARTS) is 1. The first-order valence-corrected chi connectivity index (χ1v) is 8.30. The maximum Gasteiger partial charge on any atom is 0.317 e. The quantitative estimate of drug-likeness (QED) is 0.882. The first-order chi connectivity index (χ1) is 10.9. The third-order valence-corrected chi connectivity index (χ3v) is 4.48. The van der Waals surface area contributed by atoms with E-state index >= 15 is 0 Å². The second kappa shape index (κ2) is 7.68. The molecule has 23 heavy (non-hydrogen) atoms. The van der Waals surface area contributed by atoms with Crippen LogP contribution >= 0.6 is 11.6 Å². The van der Waals surface area contributed by atoms with Crippen molar-refractivity contribution >= 4 is 23.6 Å². The van der Waals surface area contributed by atoms with Crippen LogP contribution in [-0.2, 0) is 4.79 Å². The Hall–Kier alpha value is -1.75. The van der Waals surface area contributed by atoms with Gasteiger partial charge in [0.05, 0.1) is 12.0 Å². The van der Waals surface area contributed by atoms with Crippen LogP contribution in [0.4, 0.5) is 4.79 Å². The molecule has 2 unspecified atom stereocenters. The Labute approximate surface area is 141 Å². The summed E-state index contributed by atoms with van der Waals surface area (Å²) in [6.07, 6.45) is 1.35. The molecule has 2 amide bonds. The van der Waals surface area contributed by atoms with Crippen LogP contribution in [0, 0.1) is 11.8 Å². The van der Waals surface area contributed by atoms with Crippen molar-refractivity contribution in [3.63, 3.8) is 0 Å². The minimum atomic E-state index is -0.833. The lowest BCUT2D eigenvalue weighted by atomic mass is 9.96. The second-order valence-electron chi connectivity index (χ2n) is 6.35. The molecule has 1 heterocycles. The van der Waals surface area contributed by atoms with Crippen LogP contribution in [0.1, 0.15) is 38.3 Å². The number of nitrogens with one attached hydrogen (secondary N) is 1. The lowest BCUT2D eigenvalue weighted by molar-refractivity contribution is -0.143. The van der Waals surface area contributed by atoms with E-state index in [1.165, 1.54) is 0 Å². The topological polar surface area (TPSA) is 69.6 Å². The van der Waals surface area contributed by atoms with Crippen molar-refractivity contribution in [3.8, 4) is 0 Å². The van der Waals surface area contributed by atoms with E-state index in [1.807, 2.05) is 26.0 Å². The lowest BCUT2D eigenvalue weighted by Gasteiger charge is -2.33. The van der Waals surface area contributed by atoms with E-state index in [1.54, 1.807) is 17.0 Å². The monoisotopic (exact) mass is 338 g/mol. The Balaban J connectivity index is 2.06. The minimum absolute atomic E-state index is 0.134. The molecule has 0 spiro atoms. The van der Waals surface area contributed by atoms with Crippen LogP contribution < -0.4 is 5.32 Å². The number of urea groups is 1. The third kappa shape index (κ3) is 4.61. The summed E-state index contributed by atoms with van der Waals surface area (Å²) < 4.78 is 0. The molecule has 0 aromatic heterocycles. The van der Waals surface area contributed by atoms with Crippen LogP contribution in [0.15, 0.2) is 24.3 Å². The maximum absolute atomic E-state index is 12.5. The predicted octanol–water partition coefficient (Wildman–Crippen LogP) is 3.54. The lowest BCUT2D eigenvalue weighted by Crippen LogP contribution is -2.48. The molecule has 2 atom stereocenters. The van der Waals surface area contributed by atoms with E-state index in [9.17, 15) is 9.59 Å². The molecule has 1 aliphatic rings. The van der Waals surface area contributed by atoms with Crippen LogP contribution in [0.25, 0.3) is 0 Å². The Morgan fingerprint density at radius 3 is 2.52 bits per heavy atom. The Morgan fingerprint density at radius 2 is 1.96 bits per heavy atom. The van der Waals surface area contributed by atoms with Crippen LogP contribution in [0.3, 0.4) is 0 Å². The molecule has 2 rings (SSSR count). The van der Waals surface area contributed by atoms with E-state index < -0.39 is 11.9 Å². The highest BCUT2D eigenvalue weighted by Crippen LogP contribution is 2.24. The van der Waals surface area contributed by atoms with Gasteiger partial charge in [0.25, 0.3) is 0 Å². The number of hydrogen-bond donors (Lipinski definition) is 2. The molecule has 0 radical (unpaired) electrons. The van der Waals surface area contributed by atoms with Gasteiger partial charge in [-0.25, -0.2) is 4.79 Å². The molecule has 1 aromatic carbocycles. The summed E-state index contributed by atoms with van der Waals surface area (Å²) in [6, 6.07) is 7.08. The highest BCUT2D eigenvalue weighted by molar-refractivity contribution is 6.30. The minimum Gasteiger partial charge on any atom is -0.481 e. The molecule has 1 fully saturated rings. The van der Waals surface area contributed by atoms with E-state index in [4.69, 9.17) is 16.7 Å². The number of piperidine rings is 1. The van der Waals surface area contributed by atoms with Crippen molar-refractivity contribution in [1.82, 2.24) is 10.2 Å². The smallest absolute Gasteiger partial charge is 0.317 e. The predicted molar refractivity (Wildman–Crippen MR) is 89.5 cm³/mol. The molecule has 0 aliphatic carbocycles. The number of aliphatic carboxylic acids is 1. The fraction of sp³-hybridized carbons (Fsp3) is 0.529. The zero-order chi connectivity index (χ0) is 17.0. The molecular formula is C17H23ClN2O3. The third-order valence-electron chi connectivity index (χ3n) is 4.23. The fourth-order valence-corrected chi connectivity index (χ4v) is 3.02. The van der Waals surface area contributed by atoms with Crippen molar-refractivity contribution < 1.29 is 14.7 Å². The number of carboxylic acids is 1. The fourth-order valence-electron chi connectivity index (χ4n) is 2.89. The van der Waals surface area contributed by atoms with Crippen LogP contribution in [-0.4, -0.2) is 35.1 Å². The summed E-state index contributed by atoms with van der Waals surface area (Å²) in [7, 11) is 0. The second-order valence-corrected chi connectivity index (χ2v) is 6.78. The Kier molecular flexibility index (Phi) is 5.88. The van der Waals surface area contributed by atoms with Gasteiger partial charge in [-0.3, -0.25) is 4.79 Å². The molecule has 1 saturated heterocycles. The molecule has 5 nitrogen and oxygen atoms in total. The van der Waals surface area contributed by atoms with Gasteiger partial charge in [0, 0.05) is 18.1 Å². The maximum atomic E-state index is 12.5. The van der Waals surface area contributed by atoms with E-state index in [-0.39, 0.29) is 24.5 Å². The number of carbonyl (C=O) groups is 2. The molecule has 1 aromatic rings. The summed E-state index contributed by atoms with van der Waals surface area (Å²) in [5, 5.41) is 12.8. The number of benzene rings is 1. The highest BCUT2D eigenvalue weighted by Gasteiger charge is 2.29. The molecule has 6 heteroatoms. The van der Waals surface area contributed by atoms with Crippen molar-refractivity contribution in [2.45, 2.75) is 32.7 Å². The Morgan fingerprint density at radius 1 is 1.30 bits per heavy atom. The zero-order valence-corrected chi connectivity index (χ0v) is 14.2. The number of halogens is 1.